The maximum Gasteiger partial charge on any atom is 0.422 e. The van der Waals surface area contributed by atoms with E-state index in [1.807, 2.05) is 11.4 Å². The first-order valence-electron chi connectivity index (χ1n) is 6.90. The number of nitriles is 1. The molecule has 0 unspecified atom stereocenters. The van der Waals surface area contributed by atoms with Gasteiger partial charge < -0.3 is 15.4 Å². The number of ether oxygens (including phenoxy) is 1. The summed E-state index contributed by atoms with van der Waals surface area (Å²) in [4.78, 5) is 22.8. The molecular formula is C13H16F3N5O3. The zero-order chi connectivity index (χ0) is 18.2. The first-order valence-corrected chi connectivity index (χ1v) is 6.90. The first-order chi connectivity index (χ1) is 11.2. The van der Waals surface area contributed by atoms with Crippen LogP contribution in [0.1, 0.15) is 18.5 Å². The van der Waals surface area contributed by atoms with Crippen LogP contribution in [0.3, 0.4) is 0 Å². The molecule has 0 aliphatic heterocycles. The van der Waals surface area contributed by atoms with Gasteiger partial charge in [0.05, 0.1) is 24.7 Å². The Balaban J connectivity index is 2.37. The Kier molecular flexibility index (Phi) is 7.03. The van der Waals surface area contributed by atoms with E-state index in [0.717, 1.165) is 0 Å². The molecule has 0 fully saturated rings. The number of nitrogens with zero attached hydrogens (tertiary/aromatic N) is 3. The van der Waals surface area contributed by atoms with Crippen molar-refractivity contribution in [2.24, 2.45) is 0 Å². The molecule has 0 aromatic carbocycles. The van der Waals surface area contributed by atoms with E-state index in [1.165, 1.54) is 4.68 Å². The Morgan fingerprint density at radius 3 is 2.79 bits per heavy atom. The van der Waals surface area contributed by atoms with E-state index in [1.54, 1.807) is 13.0 Å². The Hall–Kier alpha value is -2.77. The lowest BCUT2D eigenvalue weighted by molar-refractivity contribution is -0.160. The third-order valence-corrected chi connectivity index (χ3v) is 2.59. The second-order valence-electron chi connectivity index (χ2n) is 4.72. The van der Waals surface area contributed by atoms with Crippen LogP contribution in [0.4, 0.5) is 23.8 Å². The number of carbonyl (C=O) groups excluding carboxylic acids is 2. The van der Waals surface area contributed by atoms with E-state index in [4.69, 9.17) is 5.26 Å². The quantitative estimate of drug-likeness (QED) is 0.781. The van der Waals surface area contributed by atoms with Gasteiger partial charge in [0.15, 0.2) is 6.61 Å². The Morgan fingerprint density at radius 1 is 1.46 bits per heavy atom. The van der Waals surface area contributed by atoms with Crippen molar-refractivity contribution in [3.63, 3.8) is 0 Å². The topological polar surface area (TPSA) is 109 Å². The van der Waals surface area contributed by atoms with E-state index in [-0.39, 0.29) is 19.4 Å². The minimum Gasteiger partial charge on any atom is -0.440 e. The summed E-state index contributed by atoms with van der Waals surface area (Å²) in [6, 6.07) is 3.57. The molecule has 0 spiro atoms. The van der Waals surface area contributed by atoms with Gasteiger partial charge in [-0.05, 0) is 6.92 Å². The monoisotopic (exact) mass is 347 g/mol. The Morgan fingerprint density at radius 2 is 2.17 bits per heavy atom. The highest BCUT2D eigenvalue weighted by molar-refractivity contribution is 5.90. The van der Waals surface area contributed by atoms with Crippen LogP contribution in [-0.4, -0.2) is 41.1 Å². The largest absolute Gasteiger partial charge is 0.440 e. The lowest BCUT2D eigenvalue weighted by Gasteiger charge is -2.10. The molecule has 1 rings (SSSR count). The average molecular weight is 347 g/mol. The summed E-state index contributed by atoms with van der Waals surface area (Å²) < 4.78 is 40.9. The van der Waals surface area contributed by atoms with Crippen molar-refractivity contribution >= 4 is 17.8 Å². The van der Waals surface area contributed by atoms with E-state index in [2.05, 4.69) is 15.2 Å². The van der Waals surface area contributed by atoms with Crippen LogP contribution in [-0.2, 0) is 16.1 Å². The van der Waals surface area contributed by atoms with Gasteiger partial charge in [-0.2, -0.15) is 23.5 Å². The maximum atomic E-state index is 11.8. The molecule has 2 amide bonds. The lowest BCUT2D eigenvalue weighted by atomic mass is 10.4. The van der Waals surface area contributed by atoms with Gasteiger partial charge in [-0.1, -0.05) is 0 Å². The van der Waals surface area contributed by atoms with Gasteiger partial charge in [0.2, 0.25) is 5.91 Å². The van der Waals surface area contributed by atoms with Crippen LogP contribution < -0.4 is 10.6 Å². The van der Waals surface area contributed by atoms with Crippen molar-refractivity contribution in [1.29, 1.82) is 5.26 Å². The van der Waals surface area contributed by atoms with Gasteiger partial charge >= 0.3 is 12.3 Å². The van der Waals surface area contributed by atoms with E-state index in [9.17, 15) is 22.8 Å². The number of carbonyl (C=O) groups is 2. The zero-order valence-electron chi connectivity index (χ0n) is 12.8. The number of anilines is 1. The fraction of sp³-hybridized carbons (Fsp3) is 0.538. The molecule has 0 saturated heterocycles. The SMILES string of the molecule is Cc1cc(NC(=O)CCNC(=O)OCC(F)(F)F)n(CCC#N)n1. The first kappa shape index (κ1) is 19.3. The average Bonchev–Trinajstić information content (AvgIpc) is 2.82. The summed E-state index contributed by atoms with van der Waals surface area (Å²) in [5.41, 5.74) is 0.650. The van der Waals surface area contributed by atoms with E-state index >= 15 is 0 Å². The molecular weight excluding hydrogens is 331 g/mol. The van der Waals surface area contributed by atoms with Crippen molar-refractivity contribution < 1.29 is 27.5 Å². The van der Waals surface area contributed by atoms with Crippen molar-refractivity contribution in [3.8, 4) is 6.07 Å². The summed E-state index contributed by atoms with van der Waals surface area (Å²) in [7, 11) is 0. The zero-order valence-corrected chi connectivity index (χ0v) is 12.8. The number of alkyl halides is 3. The van der Waals surface area contributed by atoms with Gasteiger partial charge in [0.1, 0.15) is 5.82 Å². The molecule has 0 aliphatic carbocycles. The van der Waals surface area contributed by atoms with Crippen molar-refractivity contribution in [2.75, 3.05) is 18.5 Å². The highest BCUT2D eigenvalue weighted by Gasteiger charge is 2.29. The normalized spacial score (nSPS) is 10.8. The number of aryl methyl sites for hydroxylation is 2. The number of alkyl carbamates (subject to hydrolysis) is 1. The van der Waals surface area contributed by atoms with Crippen molar-refractivity contribution in [2.45, 2.75) is 32.5 Å². The molecule has 0 radical (unpaired) electrons. The van der Waals surface area contributed by atoms with Crippen LogP contribution in [0.5, 0.6) is 0 Å². The summed E-state index contributed by atoms with van der Waals surface area (Å²) in [5.74, 6) is -0.0726. The van der Waals surface area contributed by atoms with Crippen LogP contribution in [0.15, 0.2) is 6.07 Å². The third-order valence-electron chi connectivity index (χ3n) is 2.59. The smallest absolute Gasteiger partial charge is 0.422 e. The standard InChI is InChI=1S/C13H16F3N5O3/c1-9-7-10(21(20-9)6-2-4-17)19-11(22)3-5-18-12(23)24-8-13(14,15)16/h7H,2-3,5-6,8H2,1H3,(H,18,23)(H,19,22). The Bertz CT molecular complexity index is 621. The highest BCUT2D eigenvalue weighted by atomic mass is 19.4. The maximum absolute atomic E-state index is 11.8. The fourth-order valence-corrected chi connectivity index (χ4v) is 1.65. The van der Waals surface area contributed by atoms with Crippen LogP contribution in [0, 0.1) is 18.3 Å². The number of halogens is 3. The predicted molar refractivity (Wildman–Crippen MR) is 75.8 cm³/mol. The number of hydrogen-bond acceptors (Lipinski definition) is 5. The van der Waals surface area contributed by atoms with Gasteiger partial charge in [-0.15, -0.1) is 0 Å². The molecule has 0 aliphatic rings. The number of amides is 2. The number of aromatic nitrogens is 2. The predicted octanol–water partition coefficient (Wildman–Crippen LogP) is 1.72. The van der Waals surface area contributed by atoms with Crippen LogP contribution in [0.2, 0.25) is 0 Å². The van der Waals surface area contributed by atoms with E-state index in [0.29, 0.717) is 18.1 Å². The minimum absolute atomic E-state index is 0.163. The molecule has 1 aromatic heterocycles. The molecule has 132 valence electrons. The third kappa shape index (κ3) is 7.48. The van der Waals surface area contributed by atoms with Crippen LogP contribution >= 0.6 is 0 Å². The van der Waals surface area contributed by atoms with Crippen molar-refractivity contribution in [3.05, 3.63) is 11.8 Å². The molecule has 1 aromatic rings. The Labute approximate surface area is 135 Å². The molecule has 0 saturated carbocycles. The summed E-state index contributed by atoms with van der Waals surface area (Å²) in [6.07, 6.45) is -5.80. The number of nitrogens with one attached hydrogen (secondary N) is 2. The molecule has 2 N–H and O–H groups in total. The highest BCUT2D eigenvalue weighted by Crippen LogP contribution is 2.14. The van der Waals surface area contributed by atoms with Gasteiger partial charge in [0.25, 0.3) is 0 Å². The second-order valence-corrected chi connectivity index (χ2v) is 4.72. The second kappa shape index (κ2) is 8.76. The van der Waals surface area contributed by atoms with E-state index < -0.39 is 24.8 Å². The molecule has 0 atom stereocenters. The fourth-order valence-electron chi connectivity index (χ4n) is 1.65. The molecule has 1 heterocycles. The number of rotatable bonds is 7. The molecule has 0 bridgehead atoms. The van der Waals surface area contributed by atoms with Gasteiger partial charge in [-0.3, -0.25) is 4.79 Å². The molecule has 24 heavy (non-hydrogen) atoms. The van der Waals surface area contributed by atoms with Crippen molar-refractivity contribution in [1.82, 2.24) is 15.1 Å². The minimum atomic E-state index is -4.60. The molecule has 8 nitrogen and oxygen atoms in total. The van der Waals surface area contributed by atoms with Gasteiger partial charge in [0, 0.05) is 19.0 Å². The lowest BCUT2D eigenvalue weighted by Crippen LogP contribution is -2.31. The molecule has 11 heteroatoms. The van der Waals surface area contributed by atoms with Gasteiger partial charge in [-0.25, -0.2) is 9.48 Å². The van der Waals surface area contributed by atoms with Crippen LogP contribution in [0.25, 0.3) is 0 Å². The summed E-state index contributed by atoms with van der Waals surface area (Å²) in [6.45, 7) is 0.148. The summed E-state index contributed by atoms with van der Waals surface area (Å²) in [5, 5.41) is 17.3. The summed E-state index contributed by atoms with van der Waals surface area (Å²) >= 11 is 0. The number of hydrogen-bond donors (Lipinski definition) is 2.